The van der Waals surface area contributed by atoms with Crippen LogP contribution >= 0.6 is 0 Å². The van der Waals surface area contributed by atoms with Gasteiger partial charge in [0.05, 0.1) is 5.69 Å². The Morgan fingerprint density at radius 2 is 1.22 bits per heavy atom. The van der Waals surface area contributed by atoms with Gasteiger partial charge in [-0.05, 0) is 56.2 Å². The summed E-state index contributed by atoms with van der Waals surface area (Å²) in [6.45, 7) is 4.38. The lowest BCUT2D eigenvalue weighted by atomic mass is 10.1. The van der Waals surface area contributed by atoms with Gasteiger partial charge in [-0.2, -0.15) is 0 Å². The lowest BCUT2D eigenvalue weighted by Gasteiger charge is -2.27. The van der Waals surface area contributed by atoms with Crippen LogP contribution in [0.5, 0.6) is 0 Å². The average Bonchev–Trinajstić information content (AvgIpc) is 2.63. The molecule has 0 aliphatic heterocycles. The van der Waals surface area contributed by atoms with E-state index in [1.807, 2.05) is 0 Å². The van der Waals surface area contributed by atoms with E-state index in [0.717, 1.165) is 16.5 Å². The molecule has 0 heterocycles. The second-order valence-corrected chi connectivity index (χ2v) is 6.35. The number of hydrogen-bond acceptors (Lipinski definition) is 1. The molecule has 0 spiro atoms. The molecule has 0 atom stereocenters. The fraction of sp³-hybridized carbons (Fsp3) is 0.143. The highest BCUT2D eigenvalue weighted by Crippen LogP contribution is 2.41. The summed E-state index contributed by atoms with van der Waals surface area (Å²) in [6.07, 6.45) is 0. The highest BCUT2D eigenvalue weighted by molar-refractivity contribution is 5.78. The van der Waals surface area contributed by atoms with E-state index in [-0.39, 0.29) is 16.8 Å². The number of nitrogens with zero attached hydrogens (tertiary/aromatic N) is 1. The van der Waals surface area contributed by atoms with E-state index in [1.165, 1.54) is 38.1 Å². The van der Waals surface area contributed by atoms with E-state index in [0.29, 0.717) is 0 Å². The van der Waals surface area contributed by atoms with Crippen LogP contribution < -0.4 is 4.90 Å². The quantitative estimate of drug-likeness (QED) is 0.359. The summed E-state index contributed by atoms with van der Waals surface area (Å²) in [4.78, 5) is 0.838. The molecular formula is C21H16F5N. The summed E-state index contributed by atoms with van der Waals surface area (Å²) in [7, 11) is 0. The van der Waals surface area contributed by atoms with Crippen molar-refractivity contribution in [3.8, 4) is 0 Å². The van der Waals surface area contributed by atoms with Crippen LogP contribution in [0.15, 0.2) is 42.5 Å². The van der Waals surface area contributed by atoms with Crippen molar-refractivity contribution in [1.82, 2.24) is 0 Å². The summed E-state index contributed by atoms with van der Waals surface area (Å²) in [5.41, 5.74) is -0.425. The molecule has 0 radical (unpaired) electrons. The minimum Gasteiger partial charge on any atom is -0.302 e. The molecule has 0 aromatic heterocycles. The van der Waals surface area contributed by atoms with Crippen molar-refractivity contribution in [3.63, 3.8) is 0 Å². The number of rotatable bonds is 3. The third-order valence-corrected chi connectivity index (χ3v) is 4.33. The molecular weight excluding hydrogens is 361 g/mol. The van der Waals surface area contributed by atoms with Gasteiger partial charge in [0.15, 0.2) is 29.1 Å². The lowest BCUT2D eigenvalue weighted by molar-refractivity contribution is 0.488. The van der Waals surface area contributed by atoms with E-state index in [1.54, 1.807) is 19.1 Å². The predicted molar refractivity (Wildman–Crippen MR) is 95.1 cm³/mol. The highest BCUT2D eigenvalue weighted by atomic mass is 19.2. The molecule has 0 saturated carbocycles. The van der Waals surface area contributed by atoms with E-state index < -0.39 is 40.5 Å². The second kappa shape index (κ2) is 7.02. The number of anilines is 3. The van der Waals surface area contributed by atoms with Crippen molar-refractivity contribution in [2.75, 3.05) is 4.90 Å². The smallest absolute Gasteiger partial charge is 0.186 e. The molecule has 0 bridgehead atoms. The Morgan fingerprint density at radius 1 is 0.630 bits per heavy atom. The van der Waals surface area contributed by atoms with Crippen molar-refractivity contribution in [1.29, 1.82) is 0 Å². The fourth-order valence-corrected chi connectivity index (χ4v) is 2.80. The topological polar surface area (TPSA) is 3.24 Å². The Kier molecular flexibility index (Phi) is 4.91. The molecule has 3 aromatic carbocycles. The van der Waals surface area contributed by atoms with Gasteiger partial charge in [0.1, 0.15) is 5.69 Å². The van der Waals surface area contributed by atoms with Crippen LogP contribution in [0, 0.1) is 49.9 Å². The number of aryl methyl sites for hydroxylation is 3. The van der Waals surface area contributed by atoms with Crippen molar-refractivity contribution in [2.45, 2.75) is 20.8 Å². The van der Waals surface area contributed by atoms with Crippen molar-refractivity contribution >= 4 is 17.1 Å². The third kappa shape index (κ3) is 3.27. The van der Waals surface area contributed by atoms with Crippen LogP contribution in [0.3, 0.4) is 0 Å². The summed E-state index contributed by atoms with van der Waals surface area (Å²) < 4.78 is 72.2. The molecule has 0 aliphatic carbocycles. The van der Waals surface area contributed by atoms with Crippen LogP contribution in [0.25, 0.3) is 0 Å². The molecule has 0 saturated heterocycles. The number of halogens is 5. The molecule has 6 heteroatoms. The maximum absolute atomic E-state index is 14.7. The van der Waals surface area contributed by atoms with Gasteiger partial charge in [0.25, 0.3) is 0 Å². The Morgan fingerprint density at radius 3 is 1.85 bits per heavy atom. The Hall–Kier alpha value is -2.89. The van der Waals surface area contributed by atoms with Gasteiger partial charge in [-0.25, -0.2) is 22.0 Å². The first-order valence-electron chi connectivity index (χ1n) is 8.18. The fourth-order valence-electron chi connectivity index (χ4n) is 2.80. The average molecular weight is 377 g/mol. The van der Waals surface area contributed by atoms with Crippen LogP contribution in [0.4, 0.5) is 39.0 Å². The standard InChI is InChI=1S/C21H16F5N/c1-11-4-7-14(8-5-11)27(16-9-6-12(2)17(23)19(16)25)21-15(22)10-13(3)18(24)20(21)26/h4-10H,1-3H3. The lowest BCUT2D eigenvalue weighted by Crippen LogP contribution is -2.17. The SMILES string of the molecule is Cc1ccc(N(c2ccc(C)c(F)c2F)c2c(F)cc(C)c(F)c2F)cc1. The van der Waals surface area contributed by atoms with E-state index in [4.69, 9.17) is 0 Å². The van der Waals surface area contributed by atoms with Crippen molar-refractivity contribution in [3.05, 3.63) is 88.2 Å². The first kappa shape index (κ1) is 18.9. The van der Waals surface area contributed by atoms with Crippen LogP contribution in [0.2, 0.25) is 0 Å². The zero-order chi connectivity index (χ0) is 19.9. The van der Waals surface area contributed by atoms with E-state index >= 15 is 0 Å². The van der Waals surface area contributed by atoms with Gasteiger partial charge in [-0.1, -0.05) is 23.8 Å². The van der Waals surface area contributed by atoms with Crippen LogP contribution in [0.1, 0.15) is 16.7 Å². The molecule has 140 valence electrons. The molecule has 27 heavy (non-hydrogen) atoms. The highest BCUT2D eigenvalue weighted by Gasteiger charge is 2.27. The van der Waals surface area contributed by atoms with Gasteiger partial charge < -0.3 is 4.90 Å². The monoisotopic (exact) mass is 377 g/mol. The summed E-state index contributed by atoms with van der Waals surface area (Å²) in [5, 5.41) is 0. The number of hydrogen-bond donors (Lipinski definition) is 0. The van der Waals surface area contributed by atoms with Gasteiger partial charge in [0.2, 0.25) is 0 Å². The molecule has 0 aliphatic rings. The summed E-state index contributed by atoms with van der Waals surface area (Å²) in [5.74, 6) is -6.24. The molecule has 0 N–H and O–H groups in total. The zero-order valence-electron chi connectivity index (χ0n) is 14.9. The number of benzene rings is 3. The van der Waals surface area contributed by atoms with Gasteiger partial charge in [0, 0.05) is 5.69 Å². The van der Waals surface area contributed by atoms with Crippen LogP contribution in [-0.2, 0) is 0 Å². The predicted octanol–water partition coefficient (Wildman–Crippen LogP) is 6.78. The minimum atomic E-state index is -1.48. The maximum atomic E-state index is 14.7. The molecule has 0 fully saturated rings. The Labute approximate surface area is 153 Å². The molecule has 0 unspecified atom stereocenters. The van der Waals surface area contributed by atoms with Gasteiger partial charge in [-0.15, -0.1) is 0 Å². The molecule has 3 rings (SSSR count). The minimum absolute atomic E-state index is 0.0381. The normalized spacial score (nSPS) is 11.0. The molecule has 3 aromatic rings. The summed E-state index contributed by atoms with van der Waals surface area (Å²) >= 11 is 0. The first-order valence-corrected chi connectivity index (χ1v) is 8.18. The van der Waals surface area contributed by atoms with E-state index in [2.05, 4.69) is 0 Å². The third-order valence-electron chi connectivity index (χ3n) is 4.33. The summed E-state index contributed by atoms with van der Waals surface area (Å²) in [6, 6.07) is 9.57. The largest absolute Gasteiger partial charge is 0.302 e. The molecule has 1 nitrogen and oxygen atoms in total. The first-order chi connectivity index (χ1) is 12.7. The van der Waals surface area contributed by atoms with Crippen LogP contribution in [-0.4, -0.2) is 0 Å². The van der Waals surface area contributed by atoms with Gasteiger partial charge >= 0.3 is 0 Å². The molecule has 0 amide bonds. The second-order valence-electron chi connectivity index (χ2n) is 6.35. The Bertz CT molecular complexity index is 1010. The van der Waals surface area contributed by atoms with Gasteiger partial charge in [-0.3, -0.25) is 0 Å². The van der Waals surface area contributed by atoms with E-state index in [9.17, 15) is 22.0 Å². The maximum Gasteiger partial charge on any atom is 0.186 e. The zero-order valence-corrected chi connectivity index (χ0v) is 14.9. The van der Waals surface area contributed by atoms with Crippen molar-refractivity contribution < 1.29 is 22.0 Å². The Balaban J connectivity index is 2.36. The van der Waals surface area contributed by atoms with Crippen molar-refractivity contribution in [2.24, 2.45) is 0 Å².